The van der Waals surface area contributed by atoms with E-state index in [4.69, 9.17) is 24.0 Å². The lowest BCUT2D eigenvalue weighted by molar-refractivity contribution is -0.381. The second-order valence-electron chi connectivity index (χ2n) is 7.23. The lowest BCUT2D eigenvalue weighted by Gasteiger charge is -2.44. The maximum atomic E-state index is 12.2. The molecule has 208 valence electrons. The third-order valence-electron chi connectivity index (χ3n) is 4.72. The third-order valence-corrected chi connectivity index (χ3v) is 8.55. The maximum absolute atomic E-state index is 12.2. The van der Waals surface area contributed by atoms with Gasteiger partial charge in [0.15, 0.2) is 6.29 Å². The minimum absolute atomic E-state index is 0.888. The van der Waals surface area contributed by atoms with E-state index in [1.807, 2.05) is 0 Å². The lowest BCUT2D eigenvalue weighted by atomic mass is 9.99. The lowest BCUT2D eigenvalue weighted by Crippen LogP contribution is -2.63. The zero-order chi connectivity index (χ0) is 27.0. The minimum atomic E-state index is -5.99. The molecule has 0 aromatic carbocycles. The van der Waals surface area contributed by atoms with Gasteiger partial charge in [-0.15, -0.1) is 0 Å². The van der Waals surface area contributed by atoms with Crippen molar-refractivity contribution >= 4 is 23.5 Å². The van der Waals surface area contributed by atoms with Crippen LogP contribution in [0.25, 0.3) is 0 Å². The smallest absolute Gasteiger partial charge is 0.394 e. The number of phosphoric ester groups is 1. The van der Waals surface area contributed by atoms with E-state index in [0.717, 1.165) is 0 Å². The first-order valence-corrected chi connectivity index (χ1v) is 13.8. The van der Waals surface area contributed by atoms with Crippen molar-refractivity contribution < 1.29 is 96.4 Å². The van der Waals surface area contributed by atoms with Gasteiger partial charge in [-0.25, -0.2) is 13.7 Å². The van der Waals surface area contributed by atoms with E-state index in [2.05, 4.69) is 13.1 Å². The van der Waals surface area contributed by atoms with Gasteiger partial charge in [0.05, 0.1) is 13.2 Å². The normalized spacial score (nSPS) is 41.9. The number of rotatable bonds is 11. The average molecular weight is 582 g/mol. The van der Waals surface area contributed by atoms with Gasteiger partial charge in [0, 0.05) is 0 Å². The monoisotopic (exact) mass is 582 g/mol. The van der Waals surface area contributed by atoms with Crippen molar-refractivity contribution in [2.75, 3.05) is 19.8 Å². The van der Waals surface area contributed by atoms with Gasteiger partial charge >= 0.3 is 23.5 Å². The van der Waals surface area contributed by atoms with Gasteiger partial charge in [-0.1, -0.05) is 0 Å². The van der Waals surface area contributed by atoms with E-state index in [-0.39, 0.29) is 0 Å². The third kappa shape index (κ3) is 7.53. The molecule has 0 aromatic rings. The molecular weight excluding hydrogens is 557 g/mol. The topological polar surface area (TPSA) is 329 Å². The number of ether oxygens (including phenoxy) is 3. The fourth-order valence-corrected chi connectivity index (χ4v) is 6.37. The Morgan fingerprint density at radius 3 is 1.80 bits per heavy atom. The van der Waals surface area contributed by atoms with Gasteiger partial charge in [-0.2, -0.15) is 8.62 Å². The van der Waals surface area contributed by atoms with Crippen LogP contribution in [-0.4, -0.2) is 130 Å². The van der Waals surface area contributed by atoms with Crippen molar-refractivity contribution in [3.05, 3.63) is 0 Å². The SMILES string of the molecule is O=P(O)(O)OP(=O)(O)OP(=O)(O)O[C@H]1[C@@H](O[C@]2(CO)O[C@H](CO)[C@@H](O)[C@@H]2O)O[C@H](CO)[C@@H](O)[C@@H]1O. The molecule has 11 N–H and O–H groups in total. The second kappa shape index (κ2) is 11.4. The Morgan fingerprint density at radius 2 is 1.34 bits per heavy atom. The fourth-order valence-electron chi connectivity index (χ4n) is 3.18. The molecule has 2 aliphatic heterocycles. The van der Waals surface area contributed by atoms with Crippen LogP contribution in [0.2, 0.25) is 0 Å². The van der Waals surface area contributed by atoms with Crippen LogP contribution >= 0.6 is 23.5 Å². The van der Waals surface area contributed by atoms with Gasteiger partial charge in [-0.05, 0) is 0 Å². The molecule has 0 aliphatic carbocycles. The predicted octanol–water partition coefficient (Wildman–Crippen LogP) is -5.04. The van der Waals surface area contributed by atoms with Crippen LogP contribution in [0, 0.1) is 0 Å². The van der Waals surface area contributed by atoms with Gasteiger partial charge in [0.1, 0.15) is 49.3 Å². The molecule has 0 bridgehead atoms. The van der Waals surface area contributed by atoms with E-state index in [1.165, 1.54) is 0 Å². The van der Waals surface area contributed by atoms with E-state index in [0.29, 0.717) is 0 Å². The molecule has 0 radical (unpaired) electrons. The van der Waals surface area contributed by atoms with Crippen molar-refractivity contribution in [2.45, 2.75) is 54.8 Å². The number of hydrogen-bond donors (Lipinski definition) is 11. The highest BCUT2D eigenvalue weighted by molar-refractivity contribution is 7.66. The molecule has 2 fully saturated rings. The van der Waals surface area contributed by atoms with Gasteiger partial charge in [-0.3, -0.25) is 4.52 Å². The summed E-state index contributed by atoms with van der Waals surface area (Å²) in [5.41, 5.74) is 0. The van der Waals surface area contributed by atoms with Crippen LogP contribution in [0.1, 0.15) is 0 Å². The molecule has 2 aliphatic rings. The van der Waals surface area contributed by atoms with Crippen LogP contribution in [0.3, 0.4) is 0 Å². The summed E-state index contributed by atoms with van der Waals surface area (Å²) in [5, 5.41) is 68.9. The highest BCUT2D eigenvalue weighted by Crippen LogP contribution is 2.67. The number of aliphatic hydroxyl groups excluding tert-OH is 7. The highest BCUT2D eigenvalue weighted by atomic mass is 31.3. The van der Waals surface area contributed by atoms with Crippen molar-refractivity contribution in [1.82, 2.24) is 0 Å². The summed E-state index contributed by atoms with van der Waals surface area (Å²) in [6.07, 6.45) is -16.3. The Bertz CT molecular complexity index is 864. The summed E-state index contributed by atoms with van der Waals surface area (Å²) in [7, 11) is -17.7. The largest absolute Gasteiger partial charge is 0.490 e. The zero-order valence-corrected chi connectivity index (χ0v) is 19.9. The van der Waals surface area contributed by atoms with Crippen LogP contribution in [0.5, 0.6) is 0 Å². The van der Waals surface area contributed by atoms with Crippen LogP contribution in [-0.2, 0) is 41.1 Å². The Morgan fingerprint density at radius 1 is 0.771 bits per heavy atom. The summed E-state index contributed by atoms with van der Waals surface area (Å²) < 4.78 is 61.5. The predicted molar refractivity (Wildman–Crippen MR) is 101 cm³/mol. The number of aliphatic hydroxyl groups is 7. The molecule has 2 heterocycles. The Balaban J connectivity index is 2.35. The molecule has 2 saturated heterocycles. The molecule has 0 spiro atoms. The summed E-state index contributed by atoms with van der Waals surface area (Å²) in [4.78, 5) is 36.2. The van der Waals surface area contributed by atoms with Crippen molar-refractivity contribution in [2.24, 2.45) is 0 Å². The molecule has 23 heteroatoms. The Kier molecular flexibility index (Phi) is 10.2. The first-order chi connectivity index (χ1) is 15.9. The first-order valence-electron chi connectivity index (χ1n) is 9.29. The quantitative estimate of drug-likeness (QED) is 0.102. The highest BCUT2D eigenvalue weighted by Gasteiger charge is 2.59. The zero-order valence-electron chi connectivity index (χ0n) is 17.2. The number of hydrogen-bond acceptors (Lipinski definition) is 16. The minimum Gasteiger partial charge on any atom is -0.394 e. The molecule has 11 atom stereocenters. The van der Waals surface area contributed by atoms with Gasteiger partial charge < -0.3 is 69.5 Å². The van der Waals surface area contributed by atoms with Gasteiger partial charge in [0.2, 0.25) is 5.79 Å². The Hall–Kier alpha value is 0.0100. The van der Waals surface area contributed by atoms with Crippen molar-refractivity contribution in [1.29, 1.82) is 0 Å². The summed E-state index contributed by atoms with van der Waals surface area (Å²) in [6, 6.07) is 0. The van der Waals surface area contributed by atoms with Crippen LogP contribution in [0.15, 0.2) is 0 Å². The molecule has 35 heavy (non-hydrogen) atoms. The molecule has 20 nitrogen and oxygen atoms in total. The Labute approximate surface area is 195 Å². The standard InChI is InChI=1S/C12H25O20P3/c13-1-4-6(16)8(18)9(30-34(23,24)32-35(25,26)31-33(20,21)22)11(27-4)29-12(3-15)10(19)7(17)5(2-14)28-12/h4-11,13-19H,1-3H2,(H,23,24)(H,25,26)(H2,20,21,22)/t4-,5-,6-,7-,8+,9-,10+,11-,12+/m1/s1. The molecule has 0 amide bonds. The summed E-state index contributed by atoms with van der Waals surface area (Å²) >= 11 is 0. The van der Waals surface area contributed by atoms with Crippen LogP contribution in [0.4, 0.5) is 0 Å². The average Bonchev–Trinajstić information content (AvgIpc) is 2.95. The van der Waals surface area contributed by atoms with E-state index < -0.39 is 98.1 Å². The summed E-state index contributed by atoms with van der Waals surface area (Å²) in [5.74, 6) is -2.64. The molecule has 0 aromatic heterocycles. The maximum Gasteiger partial charge on any atom is 0.490 e. The van der Waals surface area contributed by atoms with E-state index in [1.54, 1.807) is 0 Å². The van der Waals surface area contributed by atoms with Crippen molar-refractivity contribution in [3.8, 4) is 0 Å². The van der Waals surface area contributed by atoms with Gasteiger partial charge in [0.25, 0.3) is 0 Å². The molecular formula is C12H25O20P3. The summed E-state index contributed by atoms with van der Waals surface area (Å²) in [6.45, 7) is -3.16. The van der Waals surface area contributed by atoms with Crippen molar-refractivity contribution in [3.63, 3.8) is 0 Å². The molecule has 2 unspecified atom stereocenters. The fraction of sp³-hybridized carbons (Fsp3) is 1.00. The second-order valence-corrected chi connectivity index (χ2v) is 11.6. The van der Waals surface area contributed by atoms with Crippen LogP contribution < -0.4 is 0 Å². The first kappa shape index (κ1) is 31.2. The molecule has 2 rings (SSSR count). The van der Waals surface area contributed by atoms with E-state index >= 15 is 0 Å². The molecule has 0 saturated carbocycles. The number of phosphoric acid groups is 3. The van der Waals surface area contributed by atoms with E-state index in [9.17, 15) is 59.2 Å².